The SMILES string of the molecule is Brc1cccc(CC=CCOc2ccccc2)c1. The molecule has 0 aliphatic rings. The summed E-state index contributed by atoms with van der Waals surface area (Å²) in [6.07, 6.45) is 5.11. The van der Waals surface area contributed by atoms with E-state index in [-0.39, 0.29) is 0 Å². The smallest absolute Gasteiger partial charge is 0.119 e. The van der Waals surface area contributed by atoms with Gasteiger partial charge in [-0.3, -0.25) is 0 Å². The molecule has 0 aliphatic heterocycles. The van der Waals surface area contributed by atoms with Crippen LogP contribution in [0.4, 0.5) is 0 Å². The molecule has 2 rings (SSSR count). The molecule has 0 aliphatic carbocycles. The average Bonchev–Trinajstić information content (AvgIpc) is 2.40. The third kappa shape index (κ3) is 4.38. The quantitative estimate of drug-likeness (QED) is 0.732. The number of rotatable bonds is 5. The fourth-order valence-corrected chi connectivity index (χ4v) is 2.06. The van der Waals surface area contributed by atoms with Gasteiger partial charge in [-0.05, 0) is 36.2 Å². The zero-order valence-electron chi connectivity index (χ0n) is 10.1. The van der Waals surface area contributed by atoms with Crippen LogP contribution in [0.25, 0.3) is 0 Å². The van der Waals surface area contributed by atoms with E-state index in [0.29, 0.717) is 6.61 Å². The number of hydrogen-bond acceptors (Lipinski definition) is 1. The van der Waals surface area contributed by atoms with Gasteiger partial charge in [0.05, 0.1) is 0 Å². The van der Waals surface area contributed by atoms with Crippen LogP contribution < -0.4 is 4.74 Å². The lowest BCUT2D eigenvalue weighted by Crippen LogP contribution is -1.93. The van der Waals surface area contributed by atoms with Gasteiger partial charge in [0.25, 0.3) is 0 Å². The van der Waals surface area contributed by atoms with Gasteiger partial charge in [0.2, 0.25) is 0 Å². The summed E-state index contributed by atoms with van der Waals surface area (Å²) in [4.78, 5) is 0. The Morgan fingerprint density at radius 1 is 0.944 bits per heavy atom. The monoisotopic (exact) mass is 302 g/mol. The van der Waals surface area contributed by atoms with Crippen LogP contribution in [-0.4, -0.2) is 6.61 Å². The van der Waals surface area contributed by atoms with Crippen molar-refractivity contribution in [1.29, 1.82) is 0 Å². The highest BCUT2D eigenvalue weighted by atomic mass is 79.9. The molecule has 0 saturated carbocycles. The molecule has 18 heavy (non-hydrogen) atoms. The first-order valence-electron chi connectivity index (χ1n) is 5.92. The van der Waals surface area contributed by atoms with Crippen molar-refractivity contribution in [3.63, 3.8) is 0 Å². The number of para-hydroxylation sites is 1. The topological polar surface area (TPSA) is 9.23 Å². The number of ether oxygens (including phenoxy) is 1. The molecule has 0 fully saturated rings. The van der Waals surface area contributed by atoms with Gasteiger partial charge in [-0.15, -0.1) is 0 Å². The molecular formula is C16H15BrO. The standard InChI is InChI=1S/C16H15BrO/c17-15-9-6-8-14(13-15)7-4-5-12-18-16-10-2-1-3-11-16/h1-6,8-11,13H,7,12H2. The largest absolute Gasteiger partial charge is 0.490 e. The van der Waals surface area contributed by atoms with Gasteiger partial charge in [0, 0.05) is 4.47 Å². The first kappa shape index (κ1) is 12.9. The summed E-state index contributed by atoms with van der Waals surface area (Å²) in [7, 11) is 0. The molecule has 92 valence electrons. The zero-order chi connectivity index (χ0) is 12.6. The molecule has 0 saturated heterocycles. The molecule has 1 nitrogen and oxygen atoms in total. The van der Waals surface area contributed by atoms with E-state index >= 15 is 0 Å². The molecule has 0 amide bonds. The Hall–Kier alpha value is -1.54. The summed E-state index contributed by atoms with van der Waals surface area (Å²) in [5, 5.41) is 0. The van der Waals surface area contributed by atoms with Crippen LogP contribution in [0.2, 0.25) is 0 Å². The molecule has 0 bridgehead atoms. The van der Waals surface area contributed by atoms with Crippen molar-refractivity contribution >= 4 is 15.9 Å². The van der Waals surface area contributed by atoms with Crippen LogP contribution in [0.1, 0.15) is 5.56 Å². The number of benzene rings is 2. The molecule has 0 atom stereocenters. The molecular weight excluding hydrogens is 288 g/mol. The Balaban J connectivity index is 1.76. The zero-order valence-corrected chi connectivity index (χ0v) is 11.6. The van der Waals surface area contributed by atoms with E-state index in [9.17, 15) is 0 Å². The summed E-state index contributed by atoms with van der Waals surface area (Å²) in [5.74, 6) is 0.907. The Morgan fingerprint density at radius 3 is 2.56 bits per heavy atom. The van der Waals surface area contributed by atoms with E-state index < -0.39 is 0 Å². The van der Waals surface area contributed by atoms with Gasteiger partial charge < -0.3 is 4.74 Å². The first-order chi connectivity index (χ1) is 8.84. The molecule has 2 aromatic carbocycles. The van der Waals surface area contributed by atoms with Crippen molar-refractivity contribution < 1.29 is 4.74 Å². The Morgan fingerprint density at radius 2 is 1.78 bits per heavy atom. The molecule has 2 heteroatoms. The van der Waals surface area contributed by atoms with Crippen LogP contribution >= 0.6 is 15.9 Å². The maximum Gasteiger partial charge on any atom is 0.119 e. The second kappa shape index (κ2) is 7.02. The van der Waals surface area contributed by atoms with Crippen molar-refractivity contribution in [2.24, 2.45) is 0 Å². The number of allylic oxidation sites excluding steroid dienone is 1. The normalized spacial score (nSPS) is 10.7. The highest BCUT2D eigenvalue weighted by molar-refractivity contribution is 9.10. The second-order valence-corrected chi connectivity index (χ2v) is 4.85. The highest BCUT2D eigenvalue weighted by Crippen LogP contribution is 2.12. The van der Waals surface area contributed by atoms with E-state index in [4.69, 9.17) is 4.74 Å². The van der Waals surface area contributed by atoms with Crippen molar-refractivity contribution in [1.82, 2.24) is 0 Å². The summed E-state index contributed by atoms with van der Waals surface area (Å²) in [5.41, 5.74) is 1.29. The van der Waals surface area contributed by atoms with Gasteiger partial charge in [0.15, 0.2) is 0 Å². The van der Waals surface area contributed by atoms with Gasteiger partial charge in [-0.2, -0.15) is 0 Å². The fourth-order valence-electron chi connectivity index (χ4n) is 1.61. The molecule has 0 aromatic heterocycles. The summed E-state index contributed by atoms with van der Waals surface area (Å²) >= 11 is 3.47. The van der Waals surface area contributed by atoms with Crippen molar-refractivity contribution in [3.05, 3.63) is 76.8 Å². The summed E-state index contributed by atoms with van der Waals surface area (Å²) in [6.45, 7) is 0.609. The highest BCUT2D eigenvalue weighted by Gasteiger charge is 1.91. The van der Waals surface area contributed by atoms with E-state index in [1.807, 2.05) is 48.5 Å². The molecule has 0 heterocycles. The third-order valence-corrected chi connectivity index (χ3v) is 2.99. The second-order valence-electron chi connectivity index (χ2n) is 3.93. The van der Waals surface area contributed by atoms with Gasteiger partial charge in [-0.1, -0.05) is 58.4 Å². The number of halogens is 1. The summed E-state index contributed by atoms with van der Waals surface area (Å²) < 4.78 is 6.69. The predicted molar refractivity (Wildman–Crippen MR) is 78.9 cm³/mol. The fraction of sp³-hybridized carbons (Fsp3) is 0.125. The van der Waals surface area contributed by atoms with Crippen molar-refractivity contribution in [2.75, 3.05) is 6.61 Å². The maximum atomic E-state index is 5.57. The van der Waals surface area contributed by atoms with Crippen LogP contribution in [-0.2, 0) is 6.42 Å². The minimum absolute atomic E-state index is 0.609. The van der Waals surface area contributed by atoms with E-state index in [1.165, 1.54) is 5.56 Å². The van der Waals surface area contributed by atoms with Crippen LogP contribution in [0.15, 0.2) is 71.2 Å². The van der Waals surface area contributed by atoms with Gasteiger partial charge in [0.1, 0.15) is 12.4 Å². The Labute approximate surface area is 116 Å². The average molecular weight is 303 g/mol. The molecule has 0 N–H and O–H groups in total. The Kier molecular flexibility index (Phi) is 5.03. The minimum Gasteiger partial charge on any atom is -0.490 e. The summed E-state index contributed by atoms with van der Waals surface area (Å²) in [6, 6.07) is 18.2. The lowest BCUT2D eigenvalue weighted by molar-refractivity contribution is 0.362. The molecule has 0 spiro atoms. The lowest BCUT2D eigenvalue weighted by atomic mass is 10.1. The van der Waals surface area contributed by atoms with E-state index in [0.717, 1.165) is 16.6 Å². The number of hydrogen-bond donors (Lipinski definition) is 0. The van der Waals surface area contributed by atoms with Crippen molar-refractivity contribution in [3.8, 4) is 5.75 Å². The van der Waals surface area contributed by atoms with Gasteiger partial charge in [-0.25, -0.2) is 0 Å². The molecule has 0 radical (unpaired) electrons. The lowest BCUT2D eigenvalue weighted by Gasteiger charge is -2.01. The van der Waals surface area contributed by atoms with Crippen molar-refractivity contribution in [2.45, 2.75) is 6.42 Å². The minimum atomic E-state index is 0.609. The Bertz CT molecular complexity index is 506. The van der Waals surface area contributed by atoms with Crippen LogP contribution in [0, 0.1) is 0 Å². The molecule has 2 aromatic rings. The molecule has 0 unspecified atom stereocenters. The van der Waals surface area contributed by atoms with E-state index in [1.54, 1.807) is 0 Å². The van der Waals surface area contributed by atoms with E-state index in [2.05, 4.69) is 34.1 Å². The van der Waals surface area contributed by atoms with Crippen LogP contribution in [0.5, 0.6) is 5.75 Å². The predicted octanol–water partition coefficient (Wildman–Crippen LogP) is 4.63. The maximum absolute atomic E-state index is 5.57. The van der Waals surface area contributed by atoms with Gasteiger partial charge >= 0.3 is 0 Å². The third-order valence-electron chi connectivity index (χ3n) is 2.50. The first-order valence-corrected chi connectivity index (χ1v) is 6.71. The van der Waals surface area contributed by atoms with Crippen LogP contribution in [0.3, 0.4) is 0 Å².